The fourth-order valence-corrected chi connectivity index (χ4v) is 4.02. The first-order chi connectivity index (χ1) is 10.1. The van der Waals surface area contributed by atoms with E-state index in [4.69, 9.17) is 0 Å². The molecule has 0 bridgehead atoms. The Morgan fingerprint density at radius 1 is 1.00 bits per heavy atom. The van der Waals surface area contributed by atoms with Crippen molar-refractivity contribution in [3.8, 4) is 0 Å². The first-order valence-electron chi connectivity index (χ1n) is 6.90. The molecule has 1 fully saturated rings. The second kappa shape index (κ2) is 4.43. The fraction of sp³-hybridized carbons (Fsp3) is 0.188. The van der Waals surface area contributed by atoms with Crippen LogP contribution in [0.15, 0.2) is 64.5 Å². The Morgan fingerprint density at radius 3 is 2.52 bits per heavy atom. The lowest BCUT2D eigenvalue weighted by atomic mass is 10.1. The minimum Gasteiger partial charge on any atom is -0.263 e. The molecule has 2 unspecified atom stereocenters. The summed E-state index contributed by atoms with van der Waals surface area (Å²) in [4.78, 5) is 4.93. The molecule has 1 aliphatic heterocycles. The lowest BCUT2D eigenvalue weighted by molar-refractivity contribution is 0.595. The highest BCUT2D eigenvalue weighted by atomic mass is 32.2. The number of nitrogens with zero attached hydrogens (tertiary/aromatic N) is 1. The number of fused-ring (bicyclic) bond motifs is 1. The van der Waals surface area contributed by atoms with Gasteiger partial charge in [0.15, 0.2) is 0 Å². The van der Waals surface area contributed by atoms with Gasteiger partial charge in [0.25, 0.3) is 10.0 Å². The zero-order chi connectivity index (χ0) is 14.4. The van der Waals surface area contributed by atoms with Gasteiger partial charge in [0.05, 0.1) is 10.9 Å². The quantitative estimate of drug-likeness (QED) is 0.924. The molecule has 2 aliphatic rings. The molecule has 2 aromatic rings. The number of aliphatic imine (C=N–C) groups is 1. The van der Waals surface area contributed by atoms with E-state index in [0.29, 0.717) is 22.2 Å². The third-order valence-corrected chi connectivity index (χ3v) is 5.34. The second-order valence-electron chi connectivity index (χ2n) is 5.40. The molecule has 0 aromatic heterocycles. The molecular weight excluding hydrogens is 284 g/mol. The maximum Gasteiger partial charge on any atom is 0.263 e. The second-order valence-corrected chi connectivity index (χ2v) is 7.05. The van der Waals surface area contributed by atoms with Crippen molar-refractivity contribution in [2.45, 2.75) is 23.3 Å². The number of hydrogen-bond donors (Lipinski definition) is 1. The van der Waals surface area contributed by atoms with Crippen molar-refractivity contribution in [2.75, 3.05) is 0 Å². The van der Waals surface area contributed by atoms with E-state index in [0.717, 1.165) is 6.42 Å². The number of nitrogens with one attached hydrogen (secondary N) is 1. The van der Waals surface area contributed by atoms with Gasteiger partial charge in [-0.2, -0.15) is 0 Å². The van der Waals surface area contributed by atoms with Crippen LogP contribution >= 0.6 is 0 Å². The lowest BCUT2D eigenvalue weighted by Crippen LogP contribution is -2.22. The van der Waals surface area contributed by atoms with Crippen LogP contribution < -0.4 is 4.72 Å². The molecule has 0 radical (unpaired) electrons. The van der Waals surface area contributed by atoms with E-state index in [9.17, 15) is 8.42 Å². The van der Waals surface area contributed by atoms with Crippen LogP contribution in [0.25, 0.3) is 0 Å². The van der Waals surface area contributed by atoms with Gasteiger partial charge in [0, 0.05) is 11.5 Å². The Kier molecular flexibility index (Phi) is 2.65. The minimum atomic E-state index is -3.44. The molecule has 21 heavy (non-hydrogen) atoms. The van der Waals surface area contributed by atoms with Crippen molar-refractivity contribution < 1.29 is 8.42 Å². The predicted molar refractivity (Wildman–Crippen MR) is 80.9 cm³/mol. The normalized spacial score (nSPS) is 27.1. The monoisotopic (exact) mass is 298 g/mol. The first-order valence-corrected chi connectivity index (χ1v) is 8.38. The molecule has 1 saturated carbocycles. The molecule has 0 spiro atoms. The van der Waals surface area contributed by atoms with E-state index < -0.39 is 10.0 Å². The van der Waals surface area contributed by atoms with E-state index in [1.54, 1.807) is 18.2 Å². The van der Waals surface area contributed by atoms with Crippen LogP contribution in [-0.4, -0.2) is 20.3 Å². The fourth-order valence-electron chi connectivity index (χ4n) is 2.78. The molecule has 1 heterocycles. The number of hydrogen-bond acceptors (Lipinski definition) is 3. The Bertz CT molecular complexity index is 828. The zero-order valence-corrected chi connectivity index (χ0v) is 12.0. The van der Waals surface area contributed by atoms with Crippen LogP contribution in [0.3, 0.4) is 0 Å². The van der Waals surface area contributed by atoms with E-state index in [2.05, 4.69) is 21.8 Å². The summed E-state index contributed by atoms with van der Waals surface area (Å²) in [5.41, 5.74) is 1.94. The van der Waals surface area contributed by atoms with Gasteiger partial charge in [0.1, 0.15) is 5.84 Å². The van der Waals surface area contributed by atoms with Gasteiger partial charge >= 0.3 is 0 Å². The number of rotatable bonds is 2. The molecule has 4 nitrogen and oxygen atoms in total. The van der Waals surface area contributed by atoms with Gasteiger partial charge in [-0.1, -0.05) is 42.5 Å². The number of sulfonamides is 1. The van der Waals surface area contributed by atoms with Crippen LogP contribution in [0.1, 0.15) is 23.5 Å². The van der Waals surface area contributed by atoms with Crippen LogP contribution in [-0.2, 0) is 10.0 Å². The van der Waals surface area contributed by atoms with Crippen LogP contribution in [0.2, 0.25) is 0 Å². The van der Waals surface area contributed by atoms with Gasteiger partial charge in [-0.3, -0.25) is 9.71 Å². The SMILES string of the molecule is O=S1(=O)NC(=NC2CC2c2ccccc2)c2ccccc21. The highest BCUT2D eigenvalue weighted by Gasteiger charge is 2.40. The summed E-state index contributed by atoms with van der Waals surface area (Å²) in [7, 11) is -3.44. The van der Waals surface area contributed by atoms with Crippen molar-refractivity contribution in [1.29, 1.82) is 0 Å². The highest BCUT2D eigenvalue weighted by molar-refractivity contribution is 7.90. The van der Waals surface area contributed by atoms with Gasteiger partial charge in [-0.05, 0) is 24.1 Å². The van der Waals surface area contributed by atoms with Crippen LogP contribution in [0.4, 0.5) is 0 Å². The van der Waals surface area contributed by atoms with E-state index in [-0.39, 0.29) is 6.04 Å². The predicted octanol–water partition coefficient (Wildman–Crippen LogP) is 2.28. The average Bonchev–Trinajstić information content (AvgIpc) is 3.21. The summed E-state index contributed by atoms with van der Waals surface area (Å²) in [6, 6.07) is 17.4. The highest BCUT2D eigenvalue weighted by Crippen LogP contribution is 2.44. The summed E-state index contributed by atoms with van der Waals surface area (Å²) in [5.74, 6) is 0.880. The van der Waals surface area contributed by atoms with Gasteiger partial charge in [0.2, 0.25) is 0 Å². The Balaban J connectivity index is 1.65. The molecule has 4 rings (SSSR count). The Morgan fingerprint density at radius 2 is 1.71 bits per heavy atom. The standard InChI is InChI=1S/C16H14N2O2S/c19-21(20)15-9-5-4-8-12(15)16(18-21)17-14-10-13(14)11-6-2-1-3-7-11/h1-9,13-14H,10H2,(H,17,18). The largest absolute Gasteiger partial charge is 0.263 e. The summed E-state index contributed by atoms with van der Waals surface area (Å²) in [5, 5.41) is 0. The maximum absolute atomic E-state index is 12.0. The molecule has 2 aromatic carbocycles. The first kappa shape index (κ1) is 12.6. The Labute approximate surface area is 123 Å². The van der Waals surface area contributed by atoms with Crippen LogP contribution in [0.5, 0.6) is 0 Å². The lowest BCUT2D eigenvalue weighted by Gasteiger charge is -1.99. The van der Waals surface area contributed by atoms with Crippen molar-refractivity contribution in [3.05, 3.63) is 65.7 Å². The van der Waals surface area contributed by atoms with Crippen LogP contribution in [0, 0.1) is 0 Å². The Hall–Kier alpha value is -2.14. The average molecular weight is 298 g/mol. The molecule has 2 atom stereocenters. The van der Waals surface area contributed by atoms with Gasteiger partial charge < -0.3 is 0 Å². The van der Waals surface area contributed by atoms with Crippen molar-refractivity contribution in [2.24, 2.45) is 4.99 Å². The molecule has 5 heteroatoms. The number of amidine groups is 1. The maximum atomic E-state index is 12.0. The zero-order valence-electron chi connectivity index (χ0n) is 11.2. The van der Waals surface area contributed by atoms with Crippen molar-refractivity contribution >= 4 is 15.9 Å². The van der Waals surface area contributed by atoms with Crippen molar-refractivity contribution in [1.82, 2.24) is 4.72 Å². The minimum absolute atomic E-state index is 0.163. The van der Waals surface area contributed by atoms with E-state index in [1.165, 1.54) is 5.56 Å². The van der Waals surface area contributed by atoms with E-state index >= 15 is 0 Å². The number of benzene rings is 2. The third-order valence-electron chi connectivity index (χ3n) is 3.94. The summed E-state index contributed by atoms with van der Waals surface area (Å²) in [6.45, 7) is 0. The summed E-state index contributed by atoms with van der Waals surface area (Å²) in [6.07, 6.45) is 0.970. The molecule has 0 amide bonds. The molecular formula is C16H14N2O2S. The van der Waals surface area contributed by atoms with Crippen molar-refractivity contribution in [3.63, 3.8) is 0 Å². The summed E-state index contributed by atoms with van der Waals surface area (Å²) >= 11 is 0. The topological polar surface area (TPSA) is 58.5 Å². The smallest absolute Gasteiger partial charge is 0.263 e. The van der Waals surface area contributed by atoms with E-state index in [1.807, 2.05) is 24.3 Å². The third kappa shape index (κ3) is 2.14. The molecule has 0 saturated heterocycles. The molecule has 1 N–H and O–H groups in total. The van der Waals surface area contributed by atoms with Gasteiger partial charge in [-0.25, -0.2) is 8.42 Å². The summed E-state index contributed by atoms with van der Waals surface area (Å²) < 4.78 is 26.6. The molecule has 1 aliphatic carbocycles. The molecule has 106 valence electrons. The van der Waals surface area contributed by atoms with Gasteiger partial charge in [-0.15, -0.1) is 0 Å².